The highest BCUT2D eigenvalue weighted by molar-refractivity contribution is 9.11. The average molecular weight is 468 g/mol. The Morgan fingerprint density at radius 2 is 1.68 bits per heavy atom. The molecule has 5 heteroatoms. The zero-order valence-corrected chi connectivity index (χ0v) is 15.6. The Labute approximate surface area is 143 Å². The maximum absolute atomic E-state index is 5.96. The van der Waals surface area contributed by atoms with E-state index in [1.165, 1.54) is 11.1 Å². The SMILES string of the molecule is Cc1cc(Cl)ccc1CNc1c(Br)cc(Br)cc1Br. The van der Waals surface area contributed by atoms with Gasteiger partial charge in [0, 0.05) is 25.0 Å². The quantitative estimate of drug-likeness (QED) is 0.539. The summed E-state index contributed by atoms with van der Waals surface area (Å²) in [4.78, 5) is 0. The second-order valence-electron chi connectivity index (χ2n) is 4.17. The molecule has 0 fully saturated rings. The van der Waals surface area contributed by atoms with Crippen molar-refractivity contribution in [3.05, 3.63) is 59.9 Å². The van der Waals surface area contributed by atoms with Gasteiger partial charge in [-0.3, -0.25) is 0 Å². The molecule has 0 atom stereocenters. The van der Waals surface area contributed by atoms with Crippen LogP contribution in [-0.2, 0) is 6.54 Å². The number of rotatable bonds is 3. The summed E-state index contributed by atoms with van der Waals surface area (Å²) in [6, 6.07) is 9.97. The third kappa shape index (κ3) is 3.97. The Morgan fingerprint density at radius 1 is 1.05 bits per heavy atom. The van der Waals surface area contributed by atoms with E-state index in [9.17, 15) is 0 Å². The molecule has 2 aromatic rings. The normalized spacial score (nSPS) is 10.6. The molecule has 0 aromatic heterocycles. The van der Waals surface area contributed by atoms with Gasteiger partial charge in [-0.2, -0.15) is 0 Å². The molecule has 2 rings (SSSR count). The van der Waals surface area contributed by atoms with Crippen molar-refractivity contribution in [3.8, 4) is 0 Å². The fraction of sp³-hybridized carbons (Fsp3) is 0.143. The van der Waals surface area contributed by atoms with E-state index < -0.39 is 0 Å². The van der Waals surface area contributed by atoms with Gasteiger partial charge in [-0.05, 0) is 74.2 Å². The first-order valence-electron chi connectivity index (χ1n) is 5.61. The predicted molar refractivity (Wildman–Crippen MR) is 93.1 cm³/mol. The van der Waals surface area contributed by atoms with Crippen molar-refractivity contribution in [2.24, 2.45) is 0 Å². The number of hydrogen-bond acceptors (Lipinski definition) is 1. The fourth-order valence-electron chi connectivity index (χ4n) is 1.75. The van der Waals surface area contributed by atoms with Crippen molar-refractivity contribution >= 4 is 65.1 Å². The van der Waals surface area contributed by atoms with Crippen LogP contribution in [0.3, 0.4) is 0 Å². The Bertz CT molecular complexity index is 591. The lowest BCUT2D eigenvalue weighted by Gasteiger charge is -2.13. The molecule has 0 spiro atoms. The maximum Gasteiger partial charge on any atom is 0.0632 e. The van der Waals surface area contributed by atoms with Crippen LogP contribution < -0.4 is 5.32 Å². The van der Waals surface area contributed by atoms with Gasteiger partial charge in [-0.15, -0.1) is 0 Å². The molecule has 0 bridgehead atoms. The van der Waals surface area contributed by atoms with Gasteiger partial charge in [-0.25, -0.2) is 0 Å². The maximum atomic E-state index is 5.96. The lowest BCUT2D eigenvalue weighted by molar-refractivity contribution is 1.11. The van der Waals surface area contributed by atoms with Crippen LogP contribution in [-0.4, -0.2) is 0 Å². The zero-order chi connectivity index (χ0) is 14.0. The summed E-state index contributed by atoms with van der Waals surface area (Å²) in [5.41, 5.74) is 3.45. The van der Waals surface area contributed by atoms with Gasteiger partial charge < -0.3 is 5.32 Å². The fourth-order valence-corrected chi connectivity index (χ4v) is 4.52. The van der Waals surface area contributed by atoms with Crippen molar-refractivity contribution in [1.29, 1.82) is 0 Å². The van der Waals surface area contributed by atoms with Gasteiger partial charge in [0.25, 0.3) is 0 Å². The Balaban J connectivity index is 2.19. The minimum Gasteiger partial charge on any atom is -0.379 e. The topological polar surface area (TPSA) is 12.0 Å². The minimum atomic E-state index is 0.752. The third-order valence-corrected chi connectivity index (χ3v) is 4.71. The van der Waals surface area contributed by atoms with E-state index in [1.807, 2.05) is 30.3 Å². The van der Waals surface area contributed by atoms with E-state index in [0.717, 1.165) is 30.7 Å². The Morgan fingerprint density at radius 3 is 2.26 bits per heavy atom. The highest BCUT2D eigenvalue weighted by Gasteiger charge is 2.07. The van der Waals surface area contributed by atoms with E-state index in [2.05, 4.69) is 60.0 Å². The smallest absolute Gasteiger partial charge is 0.0632 e. The first-order valence-corrected chi connectivity index (χ1v) is 8.36. The van der Waals surface area contributed by atoms with E-state index in [1.54, 1.807) is 0 Å². The number of halogens is 4. The Kier molecular flexibility index (Phi) is 5.35. The van der Waals surface area contributed by atoms with E-state index in [0.29, 0.717) is 0 Å². The summed E-state index contributed by atoms with van der Waals surface area (Å²) in [6.07, 6.45) is 0. The lowest BCUT2D eigenvalue weighted by atomic mass is 10.1. The van der Waals surface area contributed by atoms with Crippen LogP contribution in [0.1, 0.15) is 11.1 Å². The summed E-state index contributed by atoms with van der Waals surface area (Å²) < 4.78 is 3.06. The van der Waals surface area contributed by atoms with Crippen LogP contribution in [0.25, 0.3) is 0 Å². The summed E-state index contributed by atoms with van der Waals surface area (Å²) in [5.74, 6) is 0. The van der Waals surface area contributed by atoms with Crippen LogP contribution in [0, 0.1) is 6.92 Å². The summed E-state index contributed by atoms with van der Waals surface area (Å²) in [6.45, 7) is 2.82. The van der Waals surface area contributed by atoms with Crippen molar-refractivity contribution in [1.82, 2.24) is 0 Å². The first-order chi connectivity index (χ1) is 8.97. The second-order valence-corrected chi connectivity index (χ2v) is 7.23. The molecule has 2 aromatic carbocycles. The van der Waals surface area contributed by atoms with Gasteiger partial charge in [0.05, 0.1) is 5.69 Å². The first kappa shape index (κ1) is 15.4. The standard InChI is InChI=1S/C14H11Br3ClN/c1-8-4-11(18)3-2-9(8)7-19-14-12(16)5-10(15)6-13(14)17/h2-6,19H,7H2,1H3. The highest BCUT2D eigenvalue weighted by atomic mass is 79.9. The van der Waals surface area contributed by atoms with Crippen LogP contribution >= 0.6 is 59.4 Å². The molecule has 0 saturated carbocycles. The summed E-state index contributed by atoms with van der Waals surface area (Å²) in [5, 5.41) is 4.20. The van der Waals surface area contributed by atoms with Crippen molar-refractivity contribution in [2.45, 2.75) is 13.5 Å². The number of anilines is 1. The molecule has 1 nitrogen and oxygen atoms in total. The summed E-state index contributed by atoms with van der Waals surface area (Å²) in [7, 11) is 0. The molecule has 19 heavy (non-hydrogen) atoms. The van der Waals surface area contributed by atoms with Gasteiger partial charge in [0.1, 0.15) is 0 Å². The summed E-state index contributed by atoms with van der Waals surface area (Å²) >= 11 is 16.5. The molecule has 1 N–H and O–H groups in total. The monoisotopic (exact) mass is 465 g/mol. The molecular weight excluding hydrogens is 457 g/mol. The van der Waals surface area contributed by atoms with Crippen LogP contribution in [0.2, 0.25) is 5.02 Å². The van der Waals surface area contributed by atoms with E-state index in [-0.39, 0.29) is 0 Å². The van der Waals surface area contributed by atoms with Gasteiger partial charge in [0.2, 0.25) is 0 Å². The van der Waals surface area contributed by atoms with E-state index in [4.69, 9.17) is 11.6 Å². The molecule has 0 aliphatic carbocycles. The molecule has 0 aliphatic heterocycles. The van der Waals surface area contributed by atoms with Gasteiger partial charge in [0.15, 0.2) is 0 Å². The molecule has 0 amide bonds. The largest absolute Gasteiger partial charge is 0.379 e. The minimum absolute atomic E-state index is 0.752. The number of benzene rings is 2. The molecule has 100 valence electrons. The molecular formula is C14H11Br3ClN. The molecule has 0 unspecified atom stereocenters. The molecule has 0 radical (unpaired) electrons. The highest BCUT2D eigenvalue weighted by Crippen LogP contribution is 2.34. The van der Waals surface area contributed by atoms with Crippen molar-refractivity contribution in [2.75, 3.05) is 5.32 Å². The number of nitrogens with one attached hydrogen (secondary N) is 1. The number of hydrogen-bond donors (Lipinski definition) is 1. The third-order valence-electron chi connectivity index (χ3n) is 2.77. The number of aryl methyl sites for hydroxylation is 1. The zero-order valence-electron chi connectivity index (χ0n) is 10.1. The second kappa shape index (κ2) is 6.61. The lowest BCUT2D eigenvalue weighted by Crippen LogP contribution is -2.02. The molecule has 0 saturated heterocycles. The molecule has 0 aliphatic rings. The van der Waals surface area contributed by atoms with Crippen molar-refractivity contribution < 1.29 is 0 Å². The van der Waals surface area contributed by atoms with Crippen LogP contribution in [0.15, 0.2) is 43.7 Å². The van der Waals surface area contributed by atoms with E-state index >= 15 is 0 Å². The Hall–Kier alpha value is -0.0300. The predicted octanol–water partition coefficient (Wildman–Crippen LogP) is 6.55. The molecule has 0 heterocycles. The van der Waals surface area contributed by atoms with Gasteiger partial charge in [-0.1, -0.05) is 33.6 Å². The van der Waals surface area contributed by atoms with Crippen molar-refractivity contribution in [3.63, 3.8) is 0 Å². The van der Waals surface area contributed by atoms with Gasteiger partial charge >= 0.3 is 0 Å². The van der Waals surface area contributed by atoms with Crippen LogP contribution in [0.5, 0.6) is 0 Å². The van der Waals surface area contributed by atoms with Crippen LogP contribution in [0.4, 0.5) is 5.69 Å². The average Bonchev–Trinajstić information content (AvgIpc) is 2.30.